The van der Waals surface area contributed by atoms with Gasteiger partial charge < -0.3 is 0 Å². The largest absolute Gasteiger partial charge is 0.265 e. The van der Waals surface area contributed by atoms with Crippen molar-refractivity contribution in [3.8, 4) is 67.0 Å². The molecule has 0 unspecified atom stereocenters. The first-order valence-electron chi connectivity index (χ1n) is 26.0. The molecule has 384 valence electrons. The fourth-order valence-electron chi connectivity index (χ4n) is 7.89. The number of pyridine rings is 6. The Balaban J connectivity index is 0.000000136. The molecule has 0 bridgehead atoms. The number of aryl methyl sites for hydroxylation is 6. The summed E-state index contributed by atoms with van der Waals surface area (Å²) in [7, 11) is 0. The molecule has 0 aliphatic carbocycles. The average Bonchev–Trinajstić information content (AvgIpc) is 3.50. The van der Waals surface area contributed by atoms with Crippen molar-refractivity contribution in [2.45, 2.75) is 41.5 Å². The highest BCUT2D eigenvalue weighted by atomic mass is 14.7. The maximum Gasteiger partial charge on any atom is 0.0702 e. The molecule has 0 saturated heterocycles. The maximum atomic E-state index is 4.29. The molecule has 0 aliphatic rings. The zero-order valence-electron chi connectivity index (χ0n) is 45.4. The molecule has 0 fully saturated rings. The third-order valence-corrected chi connectivity index (χ3v) is 12.1. The van der Waals surface area contributed by atoms with Crippen LogP contribution in [0, 0.1) is 41.5 Å². The van der Waals surface area contributed by atoms with Crippen LogP contribution in [0.1, 0.15) is 33.4 Å². The highest BCUT2D eigenvalue weighted by molar-refractivity contribution is 5.66. The van der Waals surface area contributed by atoms with Gasteiger partial charge in [-0.25, -0.2) is 0 Å². The van der Waals surface area contributed by atoms with Crippen LogP contribution in [0.3, 0.4) is 0 Å². The summed E-state index contributed by atoms with van der Waals surface area (Å²) in [5.74, 6) is 0. The summed E-state index contributed by atoms with van der Waals surface area (Å²) >= 11 is 0. The number of aromatic nitrogens is 6. The summed E-state index contributed by atoms with van der Waals surface area (Å²) in [6, 6.07) is 78.7. The molecule has 0 radical (unpaired) electrons. The van der Waals surface area contributed by atoms with Gasteiger partial charge in [0.15, 0.2) is 0 Å². The second-order valence-electron chi connectivity index (χ2n) is 18.6. The Morgan fingerprint density at radius 3 is 0.923 bits per heavy atom. The summed E-state index contributed by atoms with van der Waals surface area (Å²) < 4.78 is 0. The molecule has 12 aromatic rings. The Morgan fingerprint density at radius 1 is 0.192 bits per heavy atom. The molecule has 0 N–H and O–H groups in total. The van der Waals surface area contributed by atoms with E-state index in [0.29, 0.717) is 0 Å². The van der Waals surface area contributed by atoms with E-state index < -0.39 is 0 Å². The summed E-state index contributed by atoms with van der Waals surface area (Å²) in [5, 5.41) is 0. The monoisotopic (exact) mass is 1010 g/mol. The lowest BCUT2D eigenvalue weighted by atomic mass is 10.1. The van der Waals surface area contributed by atoms with E-state index in [4.69, 9.17) is 0 Å². The van der Waals surface area contributed by atoms with Crippen molar-refractivity contribution < 1.29 is 0 Å². The van der Waals surface area contributed by atoms with Crippen LogP contribution >= 0.6 is 0 Å². The van der Waals surface area contributed by atoms with Gasteiger partial charge in [-0.1, -0.05) is 197 Å². The van der Waals surface area contributed by atoms with Crippen molar-refractivity contribution in [3.63, 3.8) is 0 Å². The third-order valence-electron chi connectivity index (χ3n) is 12.1. The lowest BCUT2D eigenvalue weighted by molar-refractivity contribution is 1.32. The van der Waals surface area contributed by atoms with Crippen molar-refractivity contribution in [2.24, 2.45) is 0 Å². The second-order valence-corrected chi connectivity index (χ2v) is 18.6. The third kappa shape index (κ3) is 18.9. The normalized spacial score (nSPS) is 9.92. The fraction of sp³-hybridized carbons (Fsp3) is 0.0833. The Labute approximate surface area is 462 Å². The minimum absolute atomic E-state index is 1.03. The molecule has 6 heteroatoms. The van der Waals surface area contributed by atoms with E-state index in [-0.39, 0.29) is 0 Å². The quantitative estimate of drug-likeness (QED) is 0.165. The fourth-order valence-corrected chi connectivity index (χ4v) is 7.89. The molecule has 0 aliphatic heterocycles. The molecule has 12 rings (SSSR count). The van der Waals surface area contributed by atoms with Gasteiger partial charge in [-0.2, -0.15) is 0 Å². The molecule has 78 heavy (non-hydrogen) atoms. The van der Waals surface area contributed by atoms with Gasteiger partial charge in [-0.05, 0) is 153 Å². The van der Waals surface area contributed by atoms with E-state index in [0.717, 1.165) is 11.4 Å². The van der Waals surface area contributed by atoms with Crippen molar-refractivity contribution in [3.05, 3.63) is 326 Å². The molecule has 6 nitrogen and oxygen atoms in total. The second kappa shape index (κ2) is 30.6. The van der Waals surface area contributed by atoms with Crippen molar-refractivity contribution in [1.82, 2.24) is 29.9 Å². The van der Waals surface area contributed by atoms with Gasteiger partial charge in [0.25, 0.3) is 0 Å². The van der Waals surface area contributed by atoms with Gasteiger partial charge in [0.05, 0.1) is 11.4 Å². The van der Waals surface area contributed by atoms with Crippen molar-refractivity contribution >= 4 is 0 Å². The van der Waals surface area contributed by atoms with E-state index in [2.05, 4.69) is 229 Å². The molecular formula is C72H66N6. The zero-order chi connectivity index (χ0) is 54.6. The summed E-state index contributed by atoms with van der Waals surface area (Å²) in [5.41, 5.74) is 21.8. The topological polar surface area (TPSA) is 77.3 Å². The first-order valence-corrected chi connectivity index (χ1v) is 26.0. The van der Waals surface area contributed by atoms with Crippen molar-refractivity contribution in [2.75, 3.05) is 0 Å². The number of benzene rings is 6. The lowest BCUT2D eigenvalue weighted by Gasteiger charge is -2.01. The van der Waals surface area contributed by atoms with Crippen LogP contribution in [-0.4, -0.2) is 29.9 Å². The molecule has 0 saturated carbocycles. The van der Waals surface area contributed by atoms with Gasteiger partial charge in [0.2, 0.25) is 0 Å². The summed E-state index contributed by atoms with van der Waals surface area (Å²) in [4.78, 5) is 24.7. The molecule has 0 spiro atoms. The maximum absolute atomic E-state index is 4.29. The summed E-state index contributed by atoms with van der Waals surface area (Å²) in [6.07, 6.45) is 18.2. The smallest absolute Gasteiger partial charge is 0.0702 e. The van der Waals surface area contributed by atoms with E-state index in [1.165, 1.54) is 89.0 Å². The van der Waals surface area contributed by atoms with E-state index in [1.54, 1.807) is 12.4 Å². The van der Waals surface area contributed by atoms with E-state index in [1.807, 2.05) is 122 Å². The van der Waals surface area contributed by atoms with Gasteiger partial charge in [0.1, 0.15) is 0 Å². The first-order chi connectivity index (χ1) is 38.2. The van der Waals surface area contributed by atoms with Crippen LogP contribution in [0.4, 0.5) is 0 Å². The molecule has 6 aromatic heterocycles. The summed E-state index contributed by atoms with van der Waals surface area (Å²) in [6.45, 7) is 12.6. The van der Waals surface area contributed by atoms with Crippen LogP contribution in [0.25, 0.3) is 67.0 Å². The molecular weight excluding hydrogens is 949 g/mol. The van der Waals surface area contributed by atoms with Crippen molar-refractivity contribution in [1.29, 1.82) is 0 Å². The van der Waals surface area contributed by atoms with E-state index in [9.17, 15) is 0 Å². The van der Waals surface area contributed by atoms with Crippen LogP contribution in [0.2, 0.25) is 0 Å². The van der Waals surface area contributed by atoms with Crippen LogP contribution in [0.15, 0.2) is 292 Å². The van der Waals surface area contributed by atoms with Gasteiger partial charge in [-0.3, -0.25) is 29.9 Å². The lowest BCUT2D eigenvalue weighted by Crippen LogP contribution is -1.81. The minimum Gasteiger partial charge on any atom is -0.265 e. The Morgan fingerprint density at radius 2 is 0.526 bits per heavy atom. The number of hydrogen-bond acceptors (Lipinski definition) is 6. The highest BCUT2D eigenvalue weighted by Crippen LogP contribution is 2.22. The predicted molar refractivity (Wildman–Crippen MR) is 326 cm³/mol. The number of nitrogens with zero attached hydrogens (tertiary/aromatic N) is 6. The zero-order valence-corrected chi connectivity index (χ0v) is 45.4. The predicted octanol–water partition coefficient (Wildman–Crippen LogP) is 18.3. The van der Waals surface area contributed by atoms with Crippen LogP contribution in [-0.2, 0) is 0 Å². The molecule has 6 heterocycles. The van der Waals surface area contributed by atoms with Gasteiger partial charge in [-0.15, -0.1) is 0 Å². The molecule has 6 aromatic carbocycles. The number of rotatable bonds is 6. The number of hydrogen-bond donors (Lipinski definition) is 0. The van der Waals surface area contributed by atoms with Crippen LogP contribution in [0.5, 0.6) is 0 Å². The molecule has 0 amide bonds. The SMILES string of the molecule is Cc1ccc(-c2ccccn2)cc1.Cc1ccc(-c2cccnc2)cc1.Cc1ccc(-c2ccncc2)cc1.Cc1cccc(-c2ccccn2)c1.Cc1cccc(-c2cccnc2)c1.Cc1cccc(-c2ccncc2)c1. The van der Waals surface area contributed by atoms with Gasteiger partial charge in [0, 0.05) is 73.1 Å². The standard InChI is InChI=1S/6C12H11N/c1-10-2-4-11(5-3-10)12-6-8-13-9-7-12;1-10-4-2-5-11(8-10)12-6-3-7-13-9-12;1-10-4-6-11(7-5-10)12-3-2-8-13-9-12;1-10-5-4-6-11(9-10)12-7-2-3-8-13-12;1-10-3-2-4-12(9-10)11-5-7-13-8-6-11;1-10-5-7-11(8-6-10)12-4-2-3-9-13-12/h6*2-9H,1H3. The highest BCUT2D eigenvalue weighted by Gasteiger charge is 2.00. The first kappa shape index (κ1) is 56.0. The minimum atomic E-state index is 1.03. The Hall–Kier alpha value is -9.78. The Bertz CT molecular complexity index is 3180. The van der Waals surface area contributed by atoms with Gasteiger partial charge >= 0.3 is 0 Å². The average molecular weight is 1020 g/mol. The molecule has 0 atom stereocenters. The van der Waals surface area contributed by atoms with E-state index >= 15 is 0 Å². The van der Waals surface area contributed by atoms with Crippen LogP contribution < -0.4 is 0 Å². The Kier molecular flexibility index (Phi) is 21.9.